The Morgan fingerprint density at radius 2 is 1.81 bits per heavy atom. The van der Waals surface area contributed by atoms with Gasteiger partial charge in [-0.3, -0.25) is 0 Å². The van der Waals surface area contributed by atoms with E-state index in [-0.39, 0.29) is 5.75 Å². The fourth-order valence-corrected chi connectivity index (χ4v) is 3.10. The van der Waals surface area contributed by atoms with Crippen LogP contribution in [0.15, 0.2) is 40.9 Å². The molecule has 0 unspecified atom stereocenters. The van der Waals surface area contributed by atoms with E-state index >= 15 is 0 Å². The summed E-state index contributed by atoms with van der Waals surface area (Å²) in [5.74, 6) is -0.154. The minimum Gasteiger partial charge on any atom is -0.228 e. The summed E-state index contributed by atoms with van der Waals surface area (Å²) in [6.45, 7) is 0. The molecular weight excluding hydrogens is 290 g/mol. The molecule has 0 saturated carbocycles. The van der Waals surface area contributed by atoms with Gasteiger partial charge in [0.25, 0.3) is 0 Å². The maximum absolute atomic E-state index is 11.0. The van der Waals surface area contributed by atoms with Crippen LogP contribution >= 0.6 is 15.9 Å². The molecule has 2 aromatic rings. The zero-order valence-electron chi connectivity index (χ0n) is 8.35. The Balaban J connectivity index is 2.61. The van der Waals surface area contributed by atoms with Gasteiger partial charge < -0.3 is 0 Å². The second kappa shape index (κ2) is 4.16. The number of hydrogen-bond acceptors (Lipinski definition) is 2. The van der Waals surface area contributed by atoms with Crippen LogP contribution < -0.4 is 5.14 Å². The molecule has 84 valence electrons. The standard InChI is InChI=1S/C11H10BrNO2S/c12-11-9(7-16(13,14)15)6-5-8-3-1-2-4-10(8)11/h1-6H,7H2,(H2,13,14,15). The third kappa shape index (κ3) is 2.42. The van der Waals surface area contributed by atoms with Crippen molar-refractivity contribution >= 4 is 36.7 Å². The fraction of sp³-hybridized carbons (Fsp3) is 0.0909. The molecule has 0 aliphatic rings. The number of rotatable bonds is 2. The van der Waals surface area contributed by atoms with Gasteiger partial charge in [-0.15, -0.1) is 0 Å². The van der Waals surface area contributed by atoms with Gasteiger partial charge in [0, 0.05) is 4.47 Å². The van der Waals surface area contributed by atoms with Gasteiger partial charge in [0.1, 0.15) is 0 Å². The summed E-state index contributed by atoms with van der Waals surface area (Å²) < 4.78 is 22.9. The number of primary sulfonamides is 1. The molecule has 0 heterocycles. The monoisotopic (exact) mass is 299 g/mol. The first-order valence-corrected chi connectivity index (χ1v) is 7.15. The summed E-state index contributed by atoms with van der Waals surface area (Å²) in [6.07, 6.45) is 0. The molecule has 0 aliphatic carbocycles. The Morgan fingerprint density at radius 3 is 2.50 bits per heavy atom. The second-order valence-corrected chi connectivity index (χ2v) is 5.97. The molecule has 0 fully saturated rings. The van der Waals surface area contributed by atoms with Crippen LogP contribution in [0.25, 0.3) is 10.8 Å². The van der Waals surface area contributed by atoms with Gasteiger partial charge in [-0.1, -0.05) is 36.4 Å². The van der Waals surface area contributed by atoms with Crippen molar-refractivity contribution in [2.75, 3.05) is 0 Å². The molecule has 2 aromatic carbocycles. The van der Waals surface area contributed by atoms with Crippen LogP contribution in [0.5, 0.6) is 0 Å². The number of nitrogens with two attached hydrogens (primary N) is 1. The minimum atomic E-state index is -3.50. The van der Waals surface area contributed by atoms with E-state index in [1.807, 2.05) is 30.3 Å². The van der Waals surface area contributed by atoms with E-state index in [1.54, 1.807) is 6.07 Å². The van der Waals surface area contributed by atoms with Crippen molar-refractivity contribution in [2.45, 2.75) is 5.75 Å². The molecule has 0 aromatic heterocycles. The Bertz CT molecular complexity index is 637. The molecule has 0 bridgehead atoms. The number of sulfonamides is 1. The predicted octanol–water partition coefficient (Wildman–Crippen LogP) is 2.39. The summed E-state index contributed by atoms with van der Waals surface area (Å²) in [5, 5.41) is 7.08. The Kier molecular flexibility index (Phi) is 3.01. The molecule has 0 aliphatic heterocycles. The van der Waals surface area contributed by atoms with Gasteiger partial charge in [-0.25, -0.2) is 13.6 Å². The highest BCUT2D eigenvalue weighted by molar-refractivity contribution is 9.10. The lowest BCUT2D eigenvalue weighted by Gasteiger charge is -2.06. The maximum atomic E-state index is 11.0. The third-order valence-corrected chi connectivity index (χ3v) is 3.95. The number of benzene rings is 2. The molecule has 2 rings (SSSR count). The Labute approximate surface area is 102 Å². The smallest absolute Gasteiger partial charge is 0.213 e. The van der Waals surface area contributed by atoms with Gasteiger partial charge in [0.2, 0.25) is 10.0 Å². The lowest BCUT2D eigenvalue weighted by Crippen LogP contribution is -2.14. The topological polar surface area (TPSA) is 60.2 Å². The first kappa shape index (κ1) is 11.6. The normalized spacial score (nSPS) is 11.9. The SMILES string of the molecule is NS(=O)(=O)Cc1ccc2ccccc2c1Br. The van der Waals surface area contributed by atoms with Gasteiger partial charge in [-0.2, -0.15) is 0 Å². The molecule has 0 radical (unpaired) electrons. The zero-order valence-corrected chi connectivity index (χ0v) is 10.8. The fourth-order valence-electron chi connectivity index (χ4n) is 1.61. The van der Waals surface area contributed by atoms with E-state index in [0.29, 0.717) is 5.56 Å². The van der Waals surface area contributed by atoms with Crippen LogP contribution in [0, 0.1) is 0 Å². The van der Waals surface area contributed by atoms with E-state index < -0.39 is 10.0 Å². The van der Waals surface area contributed by atoms with E-state index in [1.165, 1.54) is 0 Å². The van der Waals surface area contributed by atoms with Gasteiger partial charge >= 0.3 is 0 Å². The minimum absolute atomic E-state index is 0.154. The predicted molar refractivity (Wildman–Crippen MR) is 68.5 cm³/mol. The number of fused-ring (bicyclic) bond motifs is 1. The molecule has 3 nitrogen and oxygen atoms in total. The van der Waals surface area contributed by atoms with Crippen molar-refractivity contribution in [3.05, 3.63) is 46.4 Å². The molecule has 5 heteroatoms. The van der Waals surface area contributed by atoms with Gasteiger partial charge in [0.15, 0.2) is 0 Å². The first-order chi connectivity index (χ1) is 7.47. The van der Waals surface area contributed by atoms with Crippen molar-refractivity contribution in [2.24, 2.45) is 5.14 Å². The van der Waals surface area contributed by atoms with E-state index in [9.17, 15) is 8.42 Å². The van der Waals surface area contributed by atoms with E-state index in [4.69, 9.17) is 5.14 Å². The summed E-state index contributed by atoms with van der Waals surface area (Å²) in [7, 11) is -3.50. The summed E-state index contributed by atoms with van der Waals surface area (Å²) >= 11 is 3.41. The van der Waals surface area contributed by atoms with Crippen molar-refractivity contribution in [1.29, 1.82) is 0 Å². The largest absolute Gasteiger partial charge is 0.228 e. The average Bonchev–Trinajstić information content (AvgIpc) is 2.21. The van der Waals surface area contributed by atoms with E-state index in [0.717, 1.165) is 15.2 Å². The number of hydrogen-bond donors (Lipinski definition) is 1. The van der Waals surface area contributed by atoms with Crippen LogP contribution in [0.1, 0.15) is 5.56 Å². The third-order valence-electron chi connectivity index (χ3n) is 2.30. The zero-order chi connectivity index (χ0) is 11.8. The lowest BCUT2D eigenvalue weighted by atomic mass is 10.1. The molecule has 0 saturated heterocycles. The Hall–Kier alpha value is -0.910. The van der Waals surface area contributed by atoms with Crippen molar-refractivity contribution < 1.29 is 8.42 Å². The highest BCUT2D eigenvalue weighted by Crippen LogP contribution is 2.28. The van der Waals surface area contributed by atoms with E-state index in [2.05, 4.69) is 15.9 Å². The summed E-state index contributed by atoms with van der Waals surface area (Å²) in [5.41, 5.74) is 0.682. The van der Waals surface area contributed by atoms with Crippen molar-refractivity contribution in [3.8, 4) is 0 Å². The quantitative estimate of drug-likeness (QED) is 0.925. The van der Waals surface area contributed by atoms with Crippen LogP contribution in [0.2, 0.25) is 0 Å². The molecule has 0 spiro atoms. The second-order valence-electron chi connectivity index (χ2n) is 3.57. The molecule has 0 atom stereocenters. The molecule has 2 N–H and O–H groups in total. The van der Waals surface area contributed by atoms with Gasteiger partial charge in [0.05, 0.1) is 5.75 Å². The molecule has 0 amide bonds. The molecular formula is C11H10BrNO2S. The van der Waals surface area contributed by atoms with Crippen LogP contribution in [-0.4, -0.2) is 8.42 Å². The van der Waals surface area contributed by atoms with Crippen molar-refractivity contribution in [1.82, 2.24) is 0 Å². The van der Waals surface area contributed by atoms with Gasteiger partial charge in [-0.05, 0) is 32.3 Å². The van der Waals surface area contributed by atoms with Crippen LogP contribution in [0.4, 0.5) is 0 Å². The Morgan fingerprint density at radius 1 is 1.12 bits per heavy atom. The summed E-state index contributed by atoms with van der Waals surface area (Å²) in [4.78, 5) is 0. The highest BCUT2D eigenvalue weighted by Gasteiger charge is 2.10. The highest BCUT2D eigenvalue weighted by atomic mass is 79.9. The van der Waals surface area contributed by atoms with Crippen LogP contribution in [-0.2, 0) is 15.8 Å². The number of halogens is 1. The first-order valence-electron chi connectivity index (χ1n) is 4.64. The van der Waals surface area contributed by atoms with Crippen LogP contribution in [0.3, 0.4) is 0 Å². The lowest BCUT2D eigenvalue weighted by molar-refractivity contribution is 0.597. The summed E-state index contributed by atoms with van der Waals surface area (Å²) in [6, 6.07) is 11.4. The maximum Gasteiger partial charge on any atom is 0.213 e. The van der Waals surface area contributed by atoms with Crippen molar-refractivity contribution in [3.63, 3.8) is 0 Å². The molecule has 16 heavy (non-hydrogen) atoms. The average molecular weight is 300 g/mol.